The van der Waals surface area contributed by atoms with Gasteiger partial charge in [0.2, 0.25) is 10.0 Å². The van der Waals surface area contributed by atoms with Crippen LogP contribution in [0, 0.1) is 0 Å². The van der Waals surface area contributed by atoms with Gasteiger partial charge in [0.05, 0.1) is 11.0 Å². The molecule has 1 unspecified atom stereocenters. The first-order valence-electron chi connectivity index (χ1n) is 6.14. The zero-order valence-electron chi connectivity index (χ0n) is 11.0. The van der Waals surface area contributed by atoms with Gasteiger partial charge in [0.15, 0.2) is 0 Å². The van der Waals surface area contributed by atoms with Crippen molar-refractivity contribution in [2.24, 2.45) is 5.14 Å². The molecule has 0 fully saturated rings. The van der Waals surface area contributed by atoms with Gasteiger partial charge in [-0.05, 0) is 25.5 Å². The number of hydrogen-bond acceptors (Lipinski definition) is 3. The maximum atomic E-state index is 11.6. The third kappa shape index (κ3) is 2.88. The van der Waals surface area contributed by atoms with Crippen LogP contribution in [0.5, 0.6) is 5.75 Å². The predicted octanol–water partition coefficient (Wildman–Crippen LogP) is 2.66. The molecule has 2 N–H and O–H groups in total. The third-order valence-corrected chi connectivity index (χ3v) is 4.02. The zero-order valence-corrected chi connectivity index (χ0v) is 11.8. The van der Waals surface area contributed by atoms with E-state index in [0.717, 1.165) is 11.8 Å². The molecule has 19 heavy (non-hydrogen) atoms. The summed E-state index contributed by atoms with van der Waals surface area (Å²) >= 11 is 0. The van der Waals surface area contributed by atoms with Gasteiger partial charge in [-0.2, -0.15) is 0 Å². The van der Waals surface area contributed by atoms with Crippen molar-refractivity contribution in [2.45, 2.75) is 31.3 Å². The van der Waals surface area contributed by atoms with E-state index in [1.807, 2.05) is 26.0 Å². The number of primary sulfonamides is 1. The normalized spacial score (nSPS) is 13.4. The Hall–Kier alpha value is -1.59. The Bertz CT molecular complexity index is 695. The Morgan fingerprint density at radius 1 is 1.16 bits per heavy atom. The average molecular weight is 279 g/mol. The van der Waals surface area contributed by atoms with E-state index < -0.39 is 10.0 Å². The van der Waals surface area contributed by atoms with Crippen LogP contribution in [0.3, 0.4) is 0 Å². The molecular weight excluding hydrogens is 262 g/mol. The monoisotopic (exact) mass is 279 g/mol. The molecule has 5 heteroatoms. The number of nitrogens with two attached hydrogens (primary N) is 1. The highest BCUT2D eigenvalue weighted by Gasteiger charge is 2.15. The largest absolute Gasteiger partial charge is 0.490 e. The summed E-state index contributed by atoms with van der Waals surface area (Å²) in [4.78, 5) is 0.125. The molecule has 2 rings (SSSR count). The molecule has 0 aliphatic heterocycles. The van der Waals surface area contributed by atoms with Crippen LogP contribution in [-0.4, -0.2) is 14.5 Å². The topological polar surface area (TPSA) is 69.4 Å². The van der Waals surface area contributed by atoms with Crippen LogP contribution < -0.4 is 9.88 Å². The SMILES string of the molecule is CCC(C)Oc1ccc(S(N)(=O)=O)c2ccccc12. The van der Waals surface area contributed by atoms with E-state index >= 15 is 0 Å². The highest BCUT2D eigenvalue weighted by molar-refractivity contribution is 7.89. The van der Waals surface area contributed by atoms with Crippen LogP contribution in [-0.2, 0) is 10.0 Å². The van der Waals surface area contributed by atoms with Crippen LogP contribution in [0.2, 0.25) is 0 Å². The fourth-order valence-electron chi connectivity index (χ4n) is 1.89. The van der Waals surface area contributed by atoms with Crippen molar-refractivity contribution >= 4 is 20.8 Å². The van der Waals surface area contributed by atoms with Gasteiger partial charge in [-0.15, -0.1) is 0 Å². The third-order valence-electron chi connectivity index (χ3n) is 3.05. The van der Waals surface area contributed by atoms with Crippen LogP contribution in [0.15, 0.2) is 41.3 Å². The second-order valence-corrected chi connectivity index (χ2v) is 6.02. The molecule has 0 aliphatic rings. The highest BCUT2D eigenvalue weighted by Crippen LogP contribution is 2.31. The summed E-state index contributed by atoms with van der Waals surface area (Å²) in [6.45, 7) is 4.01. The molecule has 0 radical (unpaired) electrons. The fourth-order valence-corrected chi connectivity index (χ4v) is 2.64. The van der Waals surface area contributed by atoms with E-state index in [0.29, 0.717) is 11.1 Å². The number of rotatable bonds is 4. The standard InChI is InChI=1S/C14H17NO3S/c1-3-10(2)18-13-8-9-14(19(15,16)17)12-7-5-4-6-11(12)13/h4-10H,3H2,1-2H3,(H2,15,16,17). The molecular formula is C14H17NO3S. The number of benzene rings is 2. The molecule has 0 bridgehead atoms. The predicted molar refractivity (Wildman–Crippen MR) is 75.7 cm³/mol. The lowest BCUT2D eigenvalue weighted by molar-refractivity contribution is 0.220. The Balaban J connectivity index is 2.65. The number of sulfonamides is 1. The van der Waals surface area contributed by atoms with Crippen molar-refractivity contribution in [3.05, 3.63) is 36.4 Å². The van der Waals surface area contributed by atoms with Gasteiger partial charge in [0.1, 0.15) is 5.75 Å². The molecule has 4 nitrogen and oxygen atoms in total. The van der Waals surface area contributed by atoms with Gasteiger partial charge in [-0.3, -0.25) is 0 Å². The van der Waals surface area contributed by atoms with Crippen LogP contribution in [0.25, 0.3) is 10.8 Å². The van der Waals surface area contributed by atoms with Gasteiger partial charge in [0.25, 0.3) is 0 Å². The summed E-state index contributed by atoms with van der Waals surface area (Å²) in [7, 11) is -3.74. The Labute approximate surface area is 113 Å². The summed E-state index contributed by atoms with van der Waals surface area (Å²) < 4.78 is 29.0. The van der Waals surface area contributed by atoms with Crippen LogP contribution >= 0.6 is 0 Å². The van der Waals surface area contributed by atoms with Gasteiger partial charge < -0.3 is 4.74 Å². The number of hydrogen-bond donors (Lipinski definition) is 1. The number of ether oxygens (including phenoxy) is 1. The maximum Gasteiger partial charge on any atom is 0.238 e. The average Bonchev–Trinajstić information content (AvgIpc) is 2.37. The van der Waals surface area contributed by atoms with E-state index in [-0.39, 0.29) is 11.0 Å². The minimum atomic E-state index is -3.74. The first-order chi connectivity index (χ1) is 8.93. The lowest BCUT2D eigenvalue weighted by Gasteiger charge is -2.15. The van der Waals surface area contributed by atoms with Gasteiger partial charge in [-0.1, -0.05) is 31.2 Å². The second kappa shape index (κ2) is 5.19. The molecule has 102 valence electrons. The summed E-state index contributed by atoms with van der Waals surface area (Å²) in [5, 5.41) is 6.58. The molecule has 0 spiro atoms. The quantitative estimate of drug-likeness (QED) is 0.935. The smallest absolute Gasteiger partial charge is 0.238 e. The van der Waals surface area contributed by atoms with Gasteiger partial charge in [-0.25, -0.2) is 13.6 Å². The molecule has 0 saturated heterocycles. The van der Waals surface area contributed by atoms with Crippen molar-refractivity contribution in [3.63, 3.8) is 0 Å². The van der Waals surface area contributed by atoms with E-state index in [1.165, 1.54) is 6.07 Å². The van der Waals surface area contributed by atoms with Crippen molar-refractivity contribution < 1.29 is 13.2 Å². The van der Waals surface area contributed by atoms with Crippen LogP contribution in [0.1, 0.15) is 20.3 Å². The Morgan fingerprint density at radius 2 is 1.79 bits per heavy atom. The lowest BCUT2D eigenvalue weighted by atomic mass is 10.1. The zero-order chi connectivity index (χ0) is 14.0. The Morgan fingerprint density at radius 3 is 2.37 bits per heavy atom. The van der Waals surface area contributed by atoms with Crippen molar-refractivity contribution in [2.75, 3.05) is 0 Å². The molecule has 2 aromatic rings. The minimum absolute atomic E-state index is 0.0729. The lowest BCUT2D eigenvalue weighted by Crippen LogP contribution is -2.14. The fraction of sp³-hybridized carbons (Fsp3) is 0.286. The van der Waals surface area contributed by atoms with Crippen molar-refractivity contribution in [1.82, 2.24) is 0 Å². The summed E-state index contributed by atoms with van der Waals surface area (Å²) in [6.07, 6.45) is 0.953. The molecule has 2 aromatic carbocycles. The molecule has 1 atom stereocenters. The van der Waals surface area contributed by atoms with Crippen molar-refractivity contribution in [1.29, 1.82) is 0 Å². The first-order valence-corrected chi connectivity index (χ1v) is 7.69. The summed E-state index contributed by atoms with van der Waals surface area (Å²) in [5.74, 6) is 0.678. The maximum absolute atomic E-state index is 11.6. The van der Waals surface area contributed by atoms with E-state index in [1.54, 1.807) is 18.2 Å². The van der Waals surface area contributed by atoms with Crippen molar-refractivity contribution in [3.8, 4) is 5.75 Å². The van der Waals surface area contributed by atoms with E-state index in [4.69, 9.17) is 9.88 Å². The van der Waals surface area contributed by atoms with Gasteiger partial charge in [0, 0.05) is 10.8 Å². The highest BCUT2D eigenvalue weighted by atomic mass is 32.2. The minimum Gasteiger partial charge on any atom is -0.490 e. The summed E-state index contributed by atoms with van der Waals surface area (Å²) in [6, 6.07) is 10.4. The second-order valence-electron chi connectivity index (χ2n) is 4.49. The van der Waals surface area contributed by atoms with E-state index in [2.05, 4.69) is 0 Å². The molecule has 0 amide bonds. The van der Waals surface area contributed by atoms with E-state index in [9.17, 15) is 8.42 Å². The summed E-state index contributed by atoms with van der Waals surface area (Å²) in [5.41, 5.74) is 0. The van der Waals surface area contributed by atoms with Gasteiger partial charge >= 0.3 is 0 Å². The molecule has 0 aromatic heterocycles. The Kier molecular flexibility index (Phi) is 3.78. The first kappa shape index (κ1) is 13.8. The molecule has 0 aliphatic carbocycles. The molecule has 0 heterocycles. The van der Waals surface area contributed by atoms with Crippen LogP contribution in [0.4, 0.5) is 0 Å². The molecule has 0 saturated carbocycles. The number of fused-ring (bicyclic) bond motifs is 1.